The number of nitrogens with one attached hydrogen (secondary N) is 2. The van der Waals surface area contributed by atoms with Crippen molar-refractivity contribution in [1.82, 2.24) is 24.6 Å². The number of anilines is 2. The van der Waals surface area contributed by atoms with Gasteiger partial charge in [-0.15, -0.1) is 0 Å². The SMILES string of the molecule is CCCCOC(=O)c1cc(Nc2c(S(=O)(=O)NC3CC3)cnc3cc(-c4cnc(OC)nc4OC)ccc23)cc(C(=O)N2CCCC2)c1. The third-order valence-electron chi connectivity index (χ3n) is 8.25. The van der Waals surface area contributed by atoms with Crippen LogP contribution in [0.4, 0.5) is 11.4 Å². The van der Waals surface area contributed by atoms with Crippen molar-refractivity contribution in [2.24, 2.45) is 0 Å². The maximum atomic E-state index is 13.7. The van der Waals surface area contributed by atoms with Gasteiger partial charge in [-0.2, -0.15) is 4.98 Å². The Morgan fingerprint density at radius 1 is 0.979 bits per heavy atom. The molecule has 2 fully saturated rings. The fourth-order valence-corrected chi connectivity index (χ4v) is 6.97. The fraction of sp³-hybridized carbons (Fsp3) is 0.382. The molecule has 6 rings (SSSR count). The number of aromatic nitrogens is 3. The van der Waals surface area contributed by atoms with Crippen molar-refractivity contribution < 1.29 is 32.2 Å². The molecule has 2 aliphatic rings. The predicted octanol–water partition coefficient (Wildman–Crippen LogP) is 5.09. The van der Waals surface area contributed by atoms with Crippen LogP contribution >= 0.6 is 0 Å². The van der Waals surface area contributed by atoms with Gasteiger partial charge in [0.15, 0.2) is 0 Å². The molecule has 252 valence electrons. The Morgan fingerprint density at radius 2 is 1.75 bits per heavy atom. The summed E-state index contributed by atoms with van der Waals surface area (Å²) in [6, 6.07) is 10.1. The van der Waals surface area contributed by atoms with Crippen LogP contribution in [-0.2, 0) is 14.8 Å². The number of carbonyl (C=O) groups excluding carboxylic acids is 2. The minimum atomic E-state index is -4.00. The number of methoxy groups -OCH3 is 2. The van der Waals surface area contributed by atoms with Gasteiger partial charge in [-0.25, -0.2) is 22.9 Å². The van der Waals surface area contributed by atoms with E-state index in [1.807, 2.05) is 6.92 Å². The summed E-state index contributed by atoms with van der Waals surface area (Å²) < 4.78 is 46.2. The van der Waals surface area contributed by atoms with Crippen LogP contribution in [0.1, 0.15) is 66.2 Å². The molecule has 2 aromatic heterocycles. The molecule has 1 saturated heterocycles. The van der Waals surface area contributed by atoms with Crippen LogP contribution in [0, 0.1) is 0 Å². The van der Waals surface area contributed by atoms with Crippen molar-refractivity contribution in [1.29, 1.82) is 0 Å². The largest absolute Gasteiger partial charge is 0.480 e. The molecule has 3 heterocycles. The first-order valence-corrected chi connectivity index (χ1v) is 17.5. The predicted molar refractivity (Wildman–Crippen MR) is 179 cm³/mol. The van der Waals surface area contributed by atoms with Crippen LogP contribution < -0.4 is 19.5 Å². The quantitative estimate of drug-likeness (QED) is 0.144. The van der Waals surface area contributed by atoms with E-state index in [-0.39, 0.29) is 40.7 Å². The Hall–Kier alpha value is -4.82. The molecule has 48 heavy (non-hydrogen) atoms. The highest BCUT2D eigenvalue weighted by atomic mass is 32.2. The van der Waals surface area contributed by atoms with Crippen LogP contribution in [0.15, 0.2) is 53.7 Å². The van der Waals surface area contributed by atoms with Gasteiger partial charge in [-0.1, -0.05) is 25.5 Å². The Balaban J connectivity index is 1.46. The zero-order valence-corrected chi connectivity index (χ0v) is 27.9. The summed E-state index contributed by atoms with van der Waals surface area (Å²) in [6.07, 6.45) is 7.76. The number of hydrogen-bond donors (Lipinski definition) is 2. The number of rotatable bonds is 13. The number of hydrogen-bond acceptors (Lipinski definition) is 11. The van der Waals surface area contributed by atoms with Gasteiger partial charge in [0, 0.05) is 48.2 Å². The summed E-state index contributed by atoms with van der Waals surface area (Å²) in [4.78, 5) is 41.4. The summed E-state index contributed by atoms with van der Waals surface area (Å²) in [7, 11) is -1.04. The average molecular weight is 675 g/mol. The molecule has 0 bridgehead atoms. The maximum Gasteiger partial charge on any atom is 0.338 e. The molecular weight excluding hydrogens is 636 g/mol. The summed E-state index contributed by atoms with van der Waals surface area (Å²) >= 11 is 0. The lowest BCUT2D eigenvalue weighted by molar-refractivity contribution is 0.0499. The van der Waals surface area contributed by atoms with E-state index in [4.69, 9.17) is 14.2 Å². The lowest BCUT2D eigenvalue weighted by Crippen LogP contribution is -2.28. The van der Waals surface area contributed by atoms with Crippen LogP contribution in [0.5, 0.6) is 11.9 Å². The highest BCUT2D eigenvalue weighted by Gasteiger charge is 2.31. The number of ether oxygens (including phenoxy) is 3. The van der Waals surface area contributed by atoms with E-state index in [9.17, 15) is 18.0 Å². The highest BCUT2D eigenvalue weighted by Crippen LogP contribution is 2.37. The summed E-state index contributed by atoms with van der Waals surface area (Å²) in [5.74, 6) is -0.474. The number of nitrogens with zero attached hydrogens (tertiary/aromatic N) is 4. The van der Waals surface area contributed by atoms with E-state index in [0.717, 1.165) is 32.1 Å². The molecule has 0 spiro atoms. The molecular formula is C34H38N6O7S. The van der Waals surface area contributed by atoms with E-state index in [0.29, 0.717) is 58.7 Å². The average Bonchev–Trinajstić information content (AvgIpc) is 3.72. The zero-order chi connectivity index (χ0) is 33.8. The number of amides is 1. The number of esters is 1. The van der Waals surface area contributed by atoms with E-state index in [2.05, 4.69) is 25.0 Å². The van der Waals surface area contributed by atoms with E-state index < -0.39 is 16.0 Å². The smallest absolute Gasteiger partial charge is 0.338 e. The number of sulfonamides is 1. The number of pyridine rings is 1. The third kappa shape index (κ3) is 7.19. The molecule has 2 N–H and O–H groups in total. The number of benzene rings is 2. The lowest BCUT2D eigenvalue weighted by Gasteiger charge is -2.19. The second kappa shape index (κ2) is 14.1. The maximum absolute atomic E-state index is 13.7. The van der Waals surface area contributed by atoms with Gasteiger partial charge in [0.25, 0.3) is 5.91 Å². The second-order valence-electron chi connectivity index (χ2n) is 11.8. The van der Waals surface area contributed by atoms with Crippen molar-refractivity contribution in [3.8, 4) is 23.0 Å². The molecule has 14 heteroatoms. The molecule has 0 unspecified atom stereocenters. The Labute approximate surface area is 279 Å². The molecule has 1 aliphatic carbocycles. The molecule has 0 atom stereocenters. The zero-order valence-electron chi connectivity index (χ0n) is 27.1. The molecule has 2 aromatic carbocycles. The van der Waals surface area contributed by atoms with Gasteiger partial charge >= 0.3 is 12.0 Å². The van der Waals surface area contributed by atoms with Gasteiger partial charge in [-0.3, -0.25) is 9.78 Å². The van der Waals surface area contributed by atoms with Gasteiger partial charge in [0.2, 0.25) is 15.9 Å². The Morgan fingerprint density at radius 3 is 2.46 bits per heavy atom. The van der Waals surface area contributed by atoms with E-state index in [1.165, 1.54) is 26.5 Å². The fourth-order valence-electron chi connectivity index (χ4n) is 5.54. The number of carbonyl (C=O) groups is 2. The molecule has 1 saturated carbocycles. The van der Waals surface area contributed by atoms with Crippen molar-refractivity contribution in [3.05, 3.63) is 59.9 Å². The van der Waals surface area contributed by atoms with Crippen LogP contribution in [0.3, 0.4) is 0 Å². The minimum Gasteiger partial charge on any atom is -0.480 e. The van der Waals surface area contributed by atoms with Gasteiger partial charge in [0.05, 0.1) is 43.2 Å². The lowest BCUT2D eigenvalue weighted by atomic mass is 10.0. The summed E-state index contributed by atoms with van der Waals surface area (Å²) in [5, 5.41) is 3.75. The molecule has 4 aromatic rings. The van der Waals surface area contributed by atoms with Crippen LogP contribution in [-0.4, -0.2) is 80.1 Å². The first-order valence-electron chi connectivity index (χ1n) is 16.0. The van der Waals surface area contributed by atoms with Gasteiger partial charge in [0.1, 0.15) is 4.90 Å². The highest BCUT2D eigenvalue weighted by molar-refractivity contribution is 7.89. The summed E-state index contributed by atoms with van der Waals surface area (Å²) in [6.45, 7) is 3.50. The van der Waals surface area contributed by atoms with E-state index >= 15 is 0 Å². The standard InChI is InChI=1S/C34H38N6O7S/c1-4-5-14-47-33(42)23-15-22(32(41)40-12-6-7-13-40)16-25(17-23)37-30-26-11-8-21(27-19-36-34(46-3)38-31(27)45-2)18-28(26)35-20-29(30)48(43,44)39-24-9-10-24/h8,11,15-20,24,39H,4-7,9-10,12-14H2,1-3H3,(H,35,37). The molecule has 13 nitrogen and oxygen atoms in total. The van der Waals surface area contributed by atoms with Crippen LogP contribution in [0.25, 0.3) is 22.0 Å². The monoisotopic (exact) mass is 674 g/mol. The Kier molecular flexibility index (Phi) is 9.73. The molecule has 1 aliphatic heterocycles. The van der Waals surface area contributed by atoms with Gasteiger partial charge < -0.3 is 24.4 Å². The van der Waals surface area contributed by atoms with Crippen molar-refractivity contribution in [3.63, 3.8) is 0 Å². The Bertz CT molecular complexity index is 1960. The molecule has 0 radical (unpaired) electrons. The van der Waals surface area contributed by atoms with Crippen molar-refractivity contribution in [2.45, 2.75) is 56.4 Å². The van der Waals surface area contributed by atoms with Gasteiger partial charge in [-0.05, 0) is 61.9 Å². The second-order valence-corrected chi connectivity index (χ2v) is 13.5. The van der Waals surface area contributed by atoms with Crippen molar-refractivity contribution in [2.75, 3.05) is 39.2 Å². The van der Waals surface area contributed by atoms with Crippen LogP contribution in [0.2, 0.25) is 0 Å². The minimum absolute atomic E-state index is 0.0663. The van der Waals surface area contributed by atoms with Crippen molar-refractivity contribution >= 4 is 44.2 Å². The third-order valence-corrected chi connectivity index (χ3v) is 9.78. The number of likely N-dealkylation sites (tertiary alicyclic amines) is 1. The summed E-state index contributed by atoms with van der Waals surface area (Å²) in [5.41, 5.74) is 2.83. The topological polar surface area (TPSA) is 162 Å². The molecule has 1 amide bonds. The normalized spacial score (nSPS) is 14.6. The first-order chi connectivity index (χ1) is 23.2. The number of fused-ring (bicyclic) bond motifs is 1. The van der Waals surface area contributed by atoms with E-state index in [1.54, 1.807) is 41.4 Å². The number of unbranched alkanes of at least 4 members (excludes halogenated alkanes) is 1. The first kappa shape index (κ1) is 33.1.